The summed E-state index contributed by atoms with van der Waals surface area (Å²) < 4.78 is 6.12. The predicted molar refractivity (Wildman–Crippen MR) is 353 cm³/mol. The topological polar surface area (TPSA) is 646 Å². The van der Waals surface area contributed by atoms with Crippen LogP contribution in [0.15, 0.2) is 71.3 Å². The number of nitrogens with zero attached hydrogens (tertiary/aromatic N) is 6. The van der Waals surface area contributed by atoms with Crippen LogP contribution in [0.2, 0.25) is 0 Å². The third kappa shape index (κ3) is 29.8. The summed E-state index contributed by atoms with van der Waals surface area (Å²) in [4.78, 5) is 147. The van der Waals surface area contributed by atoms with Crippen LogP contribution in [-0.2, 0) is 38.4 Å². The van der Waals surface area contributed by atoms with E-state index in [0.717, 1.165) is 17.1 Å². The van der Waals surface area contributed by atoms with Crippen molar-refractivity contribution >= 4 is 117 Å². The lowest BCUT2D eigenvalue weighted by Crippen LogP contribution is -2.59. The first-order valence-corrected chi connectivity index (χ1v) is 30.3. The van der Waals surface area contributed by atoms with Gasteiger partial charge in [-0.05, 0) is 118 Å². The number of fused-ring (bicyclic) bond motifs is 1. The second-order valence-electron chi connectivity index (χ2n) is 20.7. The van der Waals surface area contributed by atoms with E-state index in [1.165, 1.54) is 7.05 Å². The van der Waals surface area contributed by atoms with E-state index >= 15 is 0 Å². The number of nitrogens with two attached hydrogens (primary N) is 12. The van der Waals surface area contributed by atoms with Gasteiger partial charge < -0.3 is 111 Å². The minimum Gasteiger partial charge on any atom is -0.493 e. The number of benzene rings is 2. The number of hydrogen-bond acceptors (Lipinski definition) is 17. The second kappa shape index (κ2) is 41.0. The normalized spacial score (nSPS) is 14.0. The molecular weight excluding hydrogens is 1220 g/mol. The number of ether oxygens (including phenoxy) is 1. The Morgan fingerprint density at radius 3 is 1.10 bits per heavy atom. The minimum absolute atomic E-state index is 0.00445. The first kappa shape index (κ1) is 75.9. The average Bonchev–Trinajstić information content (AvgIpc) is 1.15. The molecule has 0 spiro atoms. The van der Waals surface area contributed by atoms with Crippen molar-refractivity contribution in [3.05, 3.63) is 46.9 Å². The zero-order chi connectivity index (χ0) is 68.1. The van der Waals surface area contributed by atoms with Gasteiger partial charge in [-0.1, -0.05) is 30.3 Å². The number of carbonyl (C=O) groups excluding carboxylic acids is 9. The van der Waals surface area contributed by atoms with E-state index < -0.39 is 88.7 Å². The Hall–Kier alpha value is -10.4. The quantitative estimate of drug-likeness (QED) is 0.0127. The molecule has 36 nitrogen and oxygen atoms in total. The van der Waals surface area contributed by atoms with Crippen molar-refractivity contribution in [3.63, 3.8) is 0 Å². The first-order chi connectivity index (χ1) is 43.8. The van der Waals surface area contributed by atoms with E-state index in [9.17, 15) is 43.2 Å². The highest BCUT2D eigenvalue weighted by Gasteiger charge is 2.34. The van der Waals surface area contributed by atoms with Crippen molar-refractivity contribution in [1.29, 1.82) is 0 Å². The summed E-state index contributed by atoms with van der Waals surface area (Å²) in [6.45, 7) is 0.347. The molecule has 6 atom stereocenters. The maximum Gasteiger partial charge on any atom is 0.290 e. The molecule has 0 bridgehead atoms. The van der Waals surface area contributed by atoms with Crippen LogP contribution in [0.25, 0.3) is 16.8 Å². The lowest BCUT2D eigenvalue weighted by atomic mass is 10.0. The van der Waals surface area contributed by atoms with Gasteiger partial charge in [-0.15, -0.1) is 0 Å². The number of guanidine groups is 6. The summed E-state index contributed by atoms with van der Waals surface area (Å²) in [5, 5.41) is 21.9. The lowest BCUT2D eigenvalue weighted by Gasteiger charge is -2.28. The summed E-state index contributed by atoms with van der Waals surface area (Å²) in [6, 6.07) is 2.76. The fraction of sp³-hybridized carbons (Fsp3) is 0.509. The molecule has 2 aromatic carbocycles. The molecule has 506 valence electrons. The standard InChI is InChI=1S/C55H90N26O10S/c1-68-42(83)33(13-4-22-69-49(56)57)76-44(85)35(15-6-24-71-51(60)61)78-46(87)37(17-8-26-73-53(64)65)80-47(88)38(18-9-27-74-54(66)67)79-45(86)36(16-7-25-72-52(62)63)77-43(84)34(14-5-23-70-50(58)59)75-41(82)19-10-28-91-39-21-20-30(31-11-2-3-12-32(31)39)29-40-48(89)81-55(90)92-40/h2-3,11-12,20-21,29,33-38H,4-10,13-19,22-28H2,1H3,(H,68,83)(H,75,82)(H,76,85)(H,77,84)(H,78,87)(H,79,86)(H,80,88)(H4,56,57,69)(H4,58,59,70)(H4,60,61,71)(H4,62,63,72)(H4,64,65,73)(H4,66,67,74)(H,81,89,90)/b40-29-/t33-,34-,35-,36-,37-,38-/m0/s1. The summed E-state index contributed by atoms with van der Waals surface area (Å²) in [5.74, 6) is -6.64. The van der Waals surface area contributed by atoms with E-state index in [4.69, 9.17) is 73.5 Å². The molecule has 32 N–H and O–H groups in total. The maximum atomic E-state index is 14.6. The van der Waals surface area contributed by atoms with E-state index in [1.807, 2.05) is 24.3 Å². The zero-order valence-electron chi connectivity index (χ0n) is 51.5. The van der Waals surface area contributed by atoms with Crippen molar-refractivity contribution in [2.45, 2.75) is 126 Å². The third-order valence-corrected chi connectivity index (χ3v) is 14.2. The van der Waals surface area contributed by atoms with Crippen LogP contribution in [0.3, 0.4) is 0 Å². The number of thioether (sulfide) groups is 1. The van der Waals surface area contributed by atoms with Gasteiger partial charge in [0.1, 0.15) is 42.0 Å². The lowest BCUT2D eigenvalue weighted by molar-refractivity contribution is -0.135. The molecule has 1 heterocycles. The van der Waals surface area contributed by atoms with Crippen LogP contribution in [0, 0.1) is 0 Å². The van der Waals surface area contributed by atoms with Crippen molar-refractivity contribution < 1.29 is 47.9 Å². The first-order valence-electron chi connectivity index (χ1n) is 29.5. The van der Waals surface area contributed by atoms with Crippen molar-refractivity contribution in [2.24, 2.45) is 98.8 Å². The van der Waals surface area contributed by atoms with Crippen LogP contribution in [0.4, 0.5) is 4.79 Å². The molecule has 1 aliphatic heterocycles. The SMILES string of the molecule is CNC(=O)[C@H](CCCN=C(N)N)NC(=O)[C@H](CCCN=C(N)N)NC(=O)[C@H](CCCN=C(N)N)NC(=O)[C@H](CCCN=C(N)N)NC(=O)[C@H](CCCN=C(N)N)NC(=O)[C@H](CCCN=C(N)N)NC(=O)CCCOc1ccc(/C=C2\SC(=O)NC2=O)c2ccccc12. The fourth-order valence-electron chi connectivity index (χ4n) is 8.96. The summed E-state index contributed by atoms with van der Waals surface area (Å²) in [7, 11) is 1.38. The smallest absolute Gasteiger partial charge is 0.290 e. The summed E-state index contributed by atoms with van der Waals surface area (Å²) in [6.07, 6.45) is 2.31. The van der Waals surface area contributed by atoms with E-state index in [2.05, 4.69) is 72.5 Å². The highest BCUT2D eigenvalue weighted by molar-refractivity contribution is 8.18. The van der Waals surface area contributed by atoms with Gasteiger partial charge in [0.2, 0.25) is 41.4 Å². The average molecular weight is 1310 g/mol. The monoisotopic (exact) mass is 1310 g/mol. The molecule has 0 aliphatic carbocycles. The summed E-state index contributed by atoms with van der Waals surface area (Å²) in [5.41, 5.74) is 67.3. The Kier molecular flexibility index (Phi) is 33.9. The molecule has 1 saturated heterocycles. The molecule has 0 radical (unpaired) electrons. The van der Waals surface area contributed by atoms with E-state index in [0.29, 0.717) is 16.7 Å². The van der Waals surface area contributed by atoms with Crippen molar-refractivity contribution in [3.8, 4) is 5.75 Å². The van der Waals surface area contributed by atoms with Crippen LogP contribution in [0.5, 0.6) is 5.75 Å². The van der Waals surface area contributed by atoms with Gasteiger partial charge in [0.15, 0.2) is 35.8 Å². The number of imide groups is 1. The molecule has 37 heteroatoms. The number of rotatable bonds is 42. The highest BCUT2D eigenvalue weighted by atomic mass is 32.2. The van der Waals surface area contributed by atoms with Crippen LogP contribution < -0.4 is 116 Å². The second-order valence-corrected chi connectivity index (χ2v) is 21.8. The zero-order valence-corrected chi connectivity index (χ0v) is 52.3. The molecular formula is C55H90N26O10S. The molecule has 0 aromatic heterocycles. The number of nitrogens with one attached hydrogen (secondary N) is 8. The number of likely N-dealkylation sites (N-methyl/N-ethyl adjacent to an activating group) is 1. The van der Waals surface area contributed by atoms with Crippen LogP contribution in [-0.4, -0.2) is 177 Å². The number of aliphatic imine (C=N–C) groups is 6. The predicted octanol–water partition coefficient (Wildman–Crippen LogP) is -5.70. The van der Waals surface area contributed by atoms with Crippen LogP contribution in [0.1, 0.15) is 95.5 Å². The van der Waals surface area contributed by atoms with Crippen molar-refractivity contribution in [2.75, 3.05) is 52.9 Å². The Labute approximate surface area is 535 Å². The molecule has 1 fully saturated rings. The molecule has 0 unspecified atom stereocenters. The Morgan fingerprint density at radius 1 is 0.457 bits per heavy atom. The molecule has 0 saturated carbocycles. The maximum absolute atomic E-state index is 14.6. The molecule has 2 aromatic rings. The molecule has 3 rings (SSSR count). The van der Waals surface area contributed by atoms with E-state index in [1.54, 1.807) is 18.2 Å². The minimum atomic E-state index is -1.45. The van der Waals surface area contributed by atoms with Gasteiger partial charge in [0, 0.05) is 58.1 Å². The van der Waals surface area contributed by atoms with Gasteiger partial charge in [0.05, 0.1) is 11.5 Å². The van der Waals surface area contributed by atoms with Gasteiger partial charge in [0.25, 0.3) is 11.1 Å². The fourth-order valence-corrected chi connectivity index (χ4v) is 9.63. The Morgan fingerprint density at radius 2 is 0.783 bits per heavy atom. The van der Waals surface area contributed by atoms with Gasteiger partial charge in [-0.3, -0.25) is 78.4 Å². The van der Waals surface area contributed by atoms with E-state index in [-0.39, 0.29) is 176 Å². The highest BCUT2D eigenvalue weighted by Crippen LogP contribution is 2.33. The summed E-state index contributed by atoms with van der Waals surface area (Å²) >= 11 is 0.796. The van der Waals surface area contributed by atoms with Gasteiger partial charge in [-0.25, -0.2) is 0 Å². The molecule has 1 aliphatic rings. The largest absolute Gasteiger partial charge is 0.493 e. The molecule has 9 amide bonds. The van der Waals surface area contributed by atoms with Gasteiger partial charge in [-0.2, -0.15) is 0 Å². The Bertz CT molecular complexity index is 3060. The number of amides is 9. The number of carbonyl (C=O) groups is 9. The third-order valence-electron chi connectivity index (χ3n) is 13.4. The Balaban J connectivity index is 1.94. The number of hydrogen-bond donors (Lipinski definition) is 20. The molecule has 92 heavy (non-hydrogen) atoms. The van der Waals surface area contributed by atoms with Crippen LogP contribution >= 0.6 is 11.8 Å². The van der Waals surface area contributed by atoms with Crippen molar-refractivity contribution in [1.82, 2.24) is 42.5 Å². The van der Waals surface area contributed by atoms with Gasteiger partial charge >= 0.3 is 0 Å².